The fourth-order valence-corrected chi connectivity index (χ4v) is 3.56. The van der Waals surface area contributed by atoms with Gasteiger partial charge in [-0.2, -0.15) is 0 Å². The molecule has 2 aromatic carbocycles. The second-order valence-electron chi connectivity index (χ2n) is 5.15. The van der Waals surface area contributed by atoms with E-state index in [1.54, 1.807) is 36.4 Å². The van der Waals surface area contributed by atoms with Gasteiger partial charge in [-0.05, 0) is 24.3 Å². The van der Waals surface area contributed by atoms with Crippen molar-refractivity contribution < 1.29 is 18.3 Å². The van der Waals surface area contributed by atoms with Crippen molar-refractivity contribution in [3.8, 4) is 5.75 Å². The topological polar surface area (TPSA) is 108 Å². The maximum Gasteiger partial charge on any atom is 0.263 e. The molecule has 0 saturated heterocycles. The van der Waals surface area contributed by atoms with Gasteiger partial charge < -0.3 is 10.4 Å². The first-order chi connectivity index (χ1) is 11.5. The number of sulfonamides is 1. The maximum absolute atomic E-state index is 11.9. The monoisotopic (exact) mass is 345 g/mol. The van der Waals surface area contributed by atoms with Crippen LogP contribution in [0.1, 0.15) is 12.0 Å². The zero-order valence-corrected chi connectivity index (χ0v) is 13.4. The molecule has 1 amide bonds. The van der Waals surface area contributed by atoms with Gasteiger partial charge in [-0.1, -0.05) is 24.3 Å². The molecule has 0 aliphatic carbocycles. The van der Waals surface area contributed by atoms with Crippen LogP contribution in [0.4, 0.5) is 5.69 Å². The Morgan fingerprint density at radius 1 is 1.12 bits per heavy atom. The van der Waals surface area contributed by atoms with Crippen LogP contribution in [-0.2, 0) is 14.8 Å². The Kier molecular flexibility index (Phi) is 4.22. The number of aromatic hydroxyl groups is 1. The fourth-order valence-electron chi connectivity index (χ4n) is 2.31. The summed E-state index contributed by atoms with van der Waals surface area (Å²) in [6.07, 6.45) is 0.0573. The van der Waals surface area contributed by atoms with Gasteiger partial charge in [0.1, 0.15) is 11.6 Å². The van der Waals surface area contributed by atoms with Crippen LogP contribution in [0.2, 0.25) is 0 Å². The summed E-state index contributed by atoms with van der Waals surface area (Å²) < 4.78 is 26.3. The minimum Gasteiger partial charge on any atom is -0.506 e. The summed E-state index contributed by atoms with van der Waals surface area (Å²) in [6.45, 7) is 0.117. The summed E-state index contributed by atoms with van der Waals surface area (Å²) in [4.78, 5) is 16.2. The molecule has 2 aromatic rings. The lowest BCUT2D eigenvalue weighted by Gasteiger charge is -2.06. The zero-order chi connectivity index (χ0) is 17.2. The molecule has 7 nitrogen and oxygen atoms in total. The van der Waals surface area contributed by atoms with Crippen molar-refractivity contribution in [3.05, 3.63) is 54.1 Å². The number of rotatable bonds is 4. The number of amidine groups is 1. The van der Waals surface area contributed by atoms with Crippen molar-refractivity contribution in [2.24, 2.45) is 4.99 Å². The highest BCUT2D eigenvalue weighted by molar-refractivity contribution is 7.90. The highest BCUT2D eigenvalue weighted by Crippen LogP contribution is 2.23. The summed E-state index contributed by atoms with van der Waals surface area (Å²) in [6, 6.07) is 12.9. The van der Waals surface area contributed by atoms with E-state index in [1.807, 2.05) is 0 Å². The van der Waals surface area contributed by atoms with E-state index in [0.717, 1.165) is 0 Å². The van der Waals surface area contributed by atoms with E-state index in [-0.39, 0.29) is 35.4 Å². The van der Waals surface area contributed by atoms with Crippen molar-refractivity contribution in [2.45, 2.75) is 11.3 Å². The van der Waals surface area contributed by atoms with Crippen molar-refractivity contribution in [1.82, 2.24) is 4.72 Å². The van der Waals surface area contributed by atoms with Gasteiger partial charge in [0, 0.05) is 12.0 Å². The molecule has 8 heteroatoms. The Balaban J connectivity index is 1.65. The Bertz CT molecular complexity index is 922. The molecule has 1 heterocycles. The number of para-hydroxylation sites is 2. The van der Waals surface area contributed by atoms with E-state index in [9.17, 15) is 18.3 Å². The lowest BCUT2D eigenvalue weighted by molar-refractivity contribution is -0.116. The molecule has 0 atom stereocenters. The number of hydrogen-bond donors (Lipinski definition) is 3. The van der Waals surface area contributed by atoms with Crippen LogP contribution in [0.25, 0.3) is 0 Å². The first-order valence-corrected chi connectivity index (χ1v) is 8.70. The third-order valence-corrected chi connectivity index (χ3v) is 4.85. The van der Waals surface area contributed by atoms with E-state index in [1.165, 1.54) is 12.1 Å². The van der Waals surface area contributed by atoms with Crippen LogP contribution in [-0.4, -0.2) is 31.8 Å². The summed E-state index contributed by atoms with van der Waals surface area (Å²) in [5.74, 6) is -0.106. The van der Waals surface area contributed by atoms with E-state index in [2.05, 4.69) is 15.0 Å². The minimum absolute atomic E-state index is 0.0188. The predicted molar refractivity (Wildman–Crippen MR) is 89.5 cm³/mol. The zero-order valence-electron chi connectivity index (χ0n) is 12.6. The lowest BCUT2D eigenvalue weighted by Crippen LogP contribution is -2.23. The van der Waals surface area contributed by atoms with Crippen molar-refractivity contribution in [3.63, 3.8) is 0 Å². The second-order valence-corrected chi connectivity index (χ2v) is 6.80. The second kappa shape index (κ2) is 6.32. The van der Waals surface area contributed by atoms with Crippen molar-refractivity contribution in [2.75, 3.05) is 11.9 Å². The number of carbonyl (C=O) groups excluding carboxylic acids is 1. The number of fused-ring (bicyclic) bond motifs is 1. The van der Waals surface area contributed by atoms with Gasteiger partial charge in [-0.3, -0.25) is 14.5 Å². The molecule has 0 spiro atoms. The molecule has 0 radical (unpaired) electrons. The average Bonchev–Trinajstić information content (AvgIpc) is 2.81. The largest absolute Gasteiger partial charge is 0.506 e. The van der Waals surface area contributed by atoms with E-state index < -0.39 is 10.0 Å². The van der Waals surface area contributed by atoms with Gasteiger partial charge >= 0.3 is 0 Å². The molecule has 0 aromatic heterocycles. The maximum atomic E-state index is 11.9. The Morgan fingerprint density at radius 3 is 2.62 bits per heavy atom. The first kappa shape index (κ1) is 16.0. The van der Waals surface area contributed by atoms with Gasteiger partial charge in [0.15, 0.2) is 0 Å². The summed E-state index contributed by atoms with van der Waals surface area (Å²) in [7, 11) is -3.57. The van der Waals surface area contributed by atoms with Gasteiger partial charge in [0.05, 0.1) is 17.1 Å². The highest BCUT2D eigenvalue weighted by Gasteiger charge is 2.29. The molecule has 1 aliphatic heterocycles. The van der Waals surface area contributed by atoms with Crippen LogP contribution in [0.3, 0.4) is 0 Å². The minimum atomic E-state index is -3.57. The number of amides is 1. The number of benzene rings is 2. The van der Waals surface area contributed by atoms with Gasteiger partial charge in [-0.25, -0.2) is 8.42 Å². The number of nitrogens with zero attached hydrogens (tertiary/aromatic N) is 1. The number of hydrogen-bond acceptors (Lipinski definition) is 5. The van der Waals surface area contributed by atoms with Crippen LogP contribution in [0, 0.1) is 0 Å². The van der Waals surface area contributed by atoms with Gasteiger partial charge in [0.2, 0.25) is 5.91 Å². The first-order valence-electron chi connectivity index (χ1n) is 7.22. The quantitative estimate of drug-likeness (QED) is 0.729. The van der Waals surface area contributed by atoms with Crippen molar-refractivity contribution >= 4 is 27.5 Å². The molecule has 0 saturated carbocycles. The Hall–Kier alpha value is -2.87. The summed E-state index contributed by atoms with van der Waals surface area (Å²) in [5, 5.41) is 12.2. The van der Waals surface area contributed by atoms with E-state index in [4.69, 9.17) is 0 Å². The molecule has 0 unspecified atom stereocenters. The summed E-state index contributed by atoms with van der Waals surface area (Å²) in [5.41, 5.74) is 0.820. The SMILES string of the molecule is O=C(CCN=C1NS(=O)(=O)c2ccccc21)Nc1ccccc1O. The van der Waals surface area contributed by atoms with Crippen LogP contribution in [0.5, 0.6) is 5.75 Å². The normalized spacial score (nSPS) is 16.4. The number of aliphatic imine (C=N–C) groups is 1. The Morgan fingerprint density at radius 2 is 1.83 bits per heavy atom. The standard InChI is InChI=1S/C16H15N3O4S/c20-13-7-3-2-6-12(13)18-15(21)9-10-17-16-11-5-1-4-8-14(11)24(22,23)19-16/h1-8,20H,9-10H2,(H,17,19)(H,18,21). The van der Waals surface area contributed by atoms with E-state index in [0.29, 0.717) is 11.3 Å². The van der Waals surface area contributed by atoms with Crippen LogP contribution in [0.15, 0.2) is 58.4 Å². The molecular formula is C16H15N3O4S. The summed E-state index contributed by atoms with van der Waals surface area (Å²) >= 11 is 0. The number of phenolic OH excluding ortho intramolecular Hbond substituents is 1. The van der Waals surface area contributed by atoms with Gasteiger partial charge in [-0.15, -0.1) is 0 Å². The smallest absolute Gasteiger partial charge is 0.263 e. The molecule has 24 heavy (non-hydrogen) atoms. The van der Waals surface area contributed by atoms with Crippen LogP contribution >= 0.6 is 0 Å². The third-order valence-electron chi connectivity index (χ3n) is 3.45. The molecular weight excluding hydrogens is 330 g/mol. The number of phenols is 1. The molecule has 0 bridgehead atoms. The molecule has 3 rings (SSSR count). The van der Waals surface area contributed by atoms with Crippen molar-refractivity contribution in [1.29, 1.82) is 0 Å². The number of carbonyl (C=O) groups is 1. The molecule has 1 aliphatic rings. The highest BCUT2D eigenvalue weighted by atomic mass is 32.2. The van der Waals surface area contributed by atoms with E-state index >= 15 is 0 Å². The average molecular weight is 345 g/mol. The van der Waals surface area contributed by atoms with Gasteiger partial charge in [0.25, 0.3) is 10.0 Å². The predicted octanol–water partition coefficient (Wildman–Crippen LogP) is 1.46. The Labute approximate surface area is 139 Å². The number of anilines is 1. The fraction of sp³-hybridized carbons (Fsp3) is 0.125. The molecule has 0 fully saturated rings. The third kappa shape index (κ3) is 3.23. The number of nitrogens with one attached hydrogen (secondary N) is 2. The molecule has 3 N–H and O–H groups in total. The molecule has 124 valence electrons. The lowest BCUT2D eigenvalue weighted by atomic mass is 10.2. The van der Waals surface area contributed by atoms with Crippen LogP contribution < -0.4 is 10.0 Å².